The Morgan fingerprint density at radius 2 is 1.90 bits per heavy atom. The molecular formula is C21H24FN7O. The van der Waals surface area contributed by atoms with Crippen molar-refractivity contribution in [2.75, 3.05) is 28.6 Å². The minimum absolute atomic E-state index is 0.156. The predicted molar refractivity (Wildman–Crippen MR) is 113 cm³/mol. The van der Waals surface area contributed by atoms with E-state index in [0.29, 0.717) is 43.0 Å². The monoisotopic (exact) mass is 409 g/mol. The van der Waals surface area contributed by atoms with Crippen LogP contribution in [0.4, 0.5) is 27.8 Å². The molecule has 30 heavy (non-hydrogen) atoms. The van der Waals surface area contributed by atoms with E-state index in [9.17, 15) is 9.50 Å². The Morgan fingerprint density at radius 1 is 1.13 bits per heavy atom. The van der Waals surface area contributed by atoms with Gasteiger partial charge in [0.2, 0.25) is 5.95 Å². The molecule has 0 aliphatic carbocycles. The number of halogens is 1. The largest absolute Gasteiger partial charge is 0.386 e. The molecule has 3 N–H and O–H groups in total. The molecule has 0 radical (unpaired) electrons. The maximum atomic E-state index is 13.1. The molecule has 1 aliphatic rings. The molecule has 3 aromatic rings. The lowest BCUT2D eigenvalue weighted by atomic mass is 9.83. The molecular weight excluding hydrogens is 385 g/mol. The second-order valence-electron chi connectivity index (χ2n) is 7.75. The highest BCUT2D eigenvalue weighted by Crippen LogP contribution is 2.33. The zero-order valence-corrected chi connectivity index (χ0v) is 16.9. The standard InChI is InChI=1S/C21H24FN7O/c1-14(2)21(30)12-29(13-21)19-9-17(26-18-11-23-7-8-24-18)27-20(28-19)25-10-15-3-5-16(22)6-4-15/h3-9,11,14,30H,10,12-13H2,1-2H3,(H2,24,25,26,27,28). The molecule has 9 heteroatoms. The van der Waals surface area contributed by atoms with E-state index in [2.05, 4.69) is 30.6 Å². The van der Waals surface area contributed by atoms with Gasteiger partial charge in [-0.05, 0) is 23.6 Å². The number of hydrogen-bond acceptors (Lipinski definition) is 8. The molecule has 1 aliphatic heterocycles. The minimum Gasteiger partial charge on any atom is -0.386 e. The summed E-state index contributed by atoms with van der Waals surface area (Å²) in [5.74, 6) is 2.12. The van der Waals surface area contributed by atoms with Crippen LogP contribution in [-0.2, 0) is 6.54 Å². The van der Waals surface area contributed by atoms with Crippen molar-refractivity contribution in [2.24, 2.45) is 5.92 Å². The fourth-order valence-corrected chi connectivity index (χ4v) is 3.16. The van der Waals surface area contributed by atoms with Crippen molar-refractivity contribution in [3.05, 3.63) is 60.3 Å². The number of benzene rings is 1. The molecule has 0 bridgehead atoms. The highest BCUT2D eigenvalue weighted by Gasteiger charge is 2.44. The third-order valence-corrected chi connectivity index (χ3v) is 5.22. The number of hydrogen-bond donors (Lipinski definition) is 3. The zero-order chi connectivity index (χ0) is 21.1. The Labute approximate surface area is 174 Å². The molecule has 1 fully saturated rings. The number of rotatable bonds is 7. The molecule has 1 aromatic carbocycles. The van der Waals surface area contributed by atoms with Gasteiger partial charge >= 0.3 is 0 Å². The lowest BCUT2D eigenvalue weighted by Gasteiger charge is -2.49. The van der Waals surface area contributed by atoms with Gasteiger partial charge in [-0.1, -0.05) is 26.0 Å². The predicted octanol–water partition coefficient (Wildman–Crippen LogP) is 2.97. The fourth-order valence-electron chi connectivity index (χ4n) is 3.16. The third kappa shape index (κ3) is 4.46. The topological polar surface area (TPSA) is 99.1 Å². The van der Waals surface area contributed by atoms with Crippen LogP contribution in [0.3, 0.4) is 0 Å². The first-order valence-corrected chi connectivity index (χ1v) is 9.79. The van der Waals surface area contributed by atoms with Crippen LogP contribution < -0.4 is 15.5 Å². The van der Waals surface area contributed by atoms with Crippen LogP contribution in [0.5, 0.6) is 0 Å². The van der Waals surface area contributed by atoms with E-state index >= 15 is 0 Å². The van der Waals surface area contributed by atoms with Gasteiger partial charge in [-0.3, -0.25) is 4.98 Å². The van der Waals surface area contributed by atoms with Crippen LogP contribution in [0.25, 0.3) is 0 Å². The van der Waals surface area contributed by atoms with Crippen LogP contribution in [0.1, 0.15) is 19.4 Å². The van der Waals surface area contributed by atoms with E-state index in [1.165, 1.54) is 12.1 Å². The van der Waals surface area contributed by atoms with E-state index in [1.807, 2.05) is 24.8 Å². The van der Waals surface area contributed by atoms with Crippen LogP contribution in [0, 0.1) is 11.7 Å². The summed E-state index contributed by atoms with van der Waals surface area (Å²) in [5.41, 5.74) is 0.192. The van der Waals surface area contributed by atoms with E-state index < -0.39 is 5.60 Å². The number of aliphatic hydroxyl groups is 1. The summed E-state index contributed by atoms with van der Waals surface area (Å²) < 4.78 is 13.1. The summed E-state index contributed by atoms with van der Waals surface area (Å²) in [7, 11) is 0. The zero-order valence-electron chi connectivity index (χ0n) is 16.9. The Morgan fingerprint density at radius 3 is 2.57 bits per heavy atom. The van der Waals surface area contributed by atoms with E-state index in [1.54, 1.807) is 30.7 Å². The van der Waals surface area contributed by atoms with Gasteiger partial charge in [0.1, 0.15) is 28.9 Å². The van der Waals surface area contributed by atoms with Crippen LogP contribution in [-0.4, -0.2) is 43.7 Å². The fraction of sp³-hybridized carbons (Fsp3) is 0.333. The van der Waals surface area contributed by atoms with Crippen molar-refractivity contribution in [1.82, 2.24) is 19.9 Å². The van der Waals surface area contributed by atoms with Gasteiger partial charge in [0, 0.05) is 25.0 Å². The van der Waals surface area contributed by atoms with Gasteiger partial charge < -0.3 is 20.6 Å². The number of anilines is 4. The number of nitrogens with zero attached hydrogens (tertiary/aromatic N) is 5. The van der Waals surface area contributed by atoms with Gasteiger partial charge in [0.05, 0.1) is 19.3 Å². The maximum absolute atomic E-state index is 13.1. The van der Waals surface area contributed by atoms with Crippen LogP contribution in [0.2, 0.25) is 0 Å². The summed E-state index contributed by atoms with van der Waals surface area (Å²) in [4.78, 5) is 19.4. The molecule has 0 atom stereocenters. The summed E-state index contributed by atoms with van der Waals surface area (Å²) in [5, 5.41) is 16.9. The summed E-state index contributed by atoms with van der Waals surface area (Å²) in [6, 6.07) is 8.08. The average molecular weight is 409 g/mol. The summed E-state index contributed by atoms with van der Waals surface area (Å²) >= 11 is 0. The molecule has 4 rings (SSSR count). The second-order valence-corrected chi connectivity index (χ2v) is 7.75. The molecule has 0 spiro atoms. The first-order chi connectivity index (χ1) is 14.4. The van der Waals surface area contributed by atoms with Gasteiger partial charge in [-0.25, -0.2) is 9.37 Å². The van der Waals surface area contributed by atoms with Gasteiger partial charge in [-0.2, -0.15) is 9.97 Å². The quantitative estimate of drug-likeness (QED) is 0.548. The van der Waals surface area contributed by atoms with Crippen LogP contribution >= 0.6 is 0 Å². The second kappa shape index (κ2) is 8.19. The number of β-amino-alcohol motifs (C(OH)–C–C–N with tert-alkyl or cyclic N) is 1. The van der Waals surface area contributed by atoms with Crippen molar-refractivity contribution in [3.8, 4) is 0 Å². The van der Waals surface area contributed by atoms with Crippen molar-refractivity contribution < 1.29 is 9.50 Å². The Kier molecular flexibility index (Phi) is 5.45. The molecule has 156 valence electrons. The van der Waals surface area contributed by atoms with Crippen molar-refractivity contribution in [2.45, 2.75) is 26.0 Å². The molecule has 0 unspecified atom stereocenters. The van der Waals surface area contributed by atoms with E-state index in [0.717, 1.165) is 5.56 Å². The maximum Gasteiger partial charge on any atom is 0.226 e. The Balaban J connectivity index is 1.55. The Bertz CT molecular complexity index is 992. The summed E-state index contributed by atoms with van der Waals surface area (Å²) in [6.45, 7) is 5.47. The molecule has 0 amide bonds. The molecule has 2 aromatic heterocycles. The smallest absolute Gasteiger partial charge is 0.226 e. The lowest BCUT2D eigenvalue weighted by Crippen LogP contribution is -2.65. The SMILES string of the molecule is CC(C)C1(O)CN(c2cc(Nc3cnccn3)nc(NCc3ccc(F)cc3)n2)C1. The van der Waals surface area contributed by atoms with Gasteiger partial charge in [0.25, 0.3) is 0 Å². The third-order valence-electron chi connectivity index (χ3n) is 5.22. The van der Waals surface area contributed by atoms with Gasteiger partial charge in [0.15, 0.2) is 0 Å². The van der Waals surface area contributed by atoms with Crippen molar-refractivity contribution in [3.63, 3.8) is 0 Å². The average Bonchev–Trinajstić information content (AvgIpc) is 2.71. The molecule has 3 heterocycles. The van der Waals surface area contributed by atoms with E-state index in [4.69, 9.17) is 0 Å². The first kappa shape index (κ1) is 20.0. The molecule has 8 nitrogen and oxygen atoms in total. The van der Waals surface area contributed by atoms with Gasteiger partial charge in [-0.15, -0.1) is 0 Å². The number of aromatic nitrogens is 4. The molecule has 0 saturated carbocycles. The highest BCUT2D eigenvalue weighted by atomic mass is 19.1. The van der Waals surface area contributed by atoms with Crippen molar-refractivity contribution in [1.29, 1.82) is 0 Å². The normalized spacial score (nSPS) is 15.0. The highest BCUT2D eigenvalue weighted by molar-refractivity contribution is 5.60. The summed E-state index contributed by atoms with van der Waals surface area (Å²) in [6.07, 6.45) is 4.80. The van der Waals surface area contributed by atoms with Crippen LogP contribution in [0.15, 0.2) is 48.9 Å². The lowest BCUT2D eigenvalue weighted by molar-refractivity contribution is -0.0304. The Hall–Kier alpha value is -3.33. The number of nitrogens with one attached hydrogen (secondary N) is 2. The first-order valence-electron chi connectivity index (χ1n) is 9.79. The molecule has 1 saturated heterocycles. The van der Waals surface area contributed by atoms with E-state index in [-0.39, 0.29) is 11.7 Å². The van der Waals surface area contributed by atoms with Crippen molar-refractivity contribution >= 4 is 23.4 Å². The minimum atomic E-state index is -0.717.